The molecule has 0 atom stereocenters. The van der Waals surface area contributed by atoms with Gasteiger partial charge in [-0.3, -0.25) is 9.59 Å². The number of anilines is 1. The molecule has 6 heteroatoms. The highest BCUT2D eigenvalue weighted by atomic mass is 79.9. The van der Waals surface area contributed by atoms with E-state index in [2.05, 4.69) is 26.2 Å². The van der Waals surface area contributed by atoms with Crippen LogP contribution in [-0.2, 0) is 11.2 Å². The summed E-state index contributed by atoms with van der Waals surface area (Å²) in [6.45, 7) is 0.644. The molecule has 0 aliphatic rings. The highest BCUT2D eigenvalue weighted by Crippen LogP contribution is 2.20. The number of aromatic amines is 1. The Labute approximate surface area is 182 Å². The first-order chi connectivity index (χ1) is 14.7. The number of alkyl halides is 1. The Bertz CT molecular complexity index is 1250. The molecule has 0 saturated heterocycles. The lowest BCUT2D eigenvalue weighted by atomic mass is 10.0. The lowest BCUT2D eigenvalue weighted by Crippen LogP contribution is -2.15. The van der Waals surface area contributed by atoms with Crippen molar-refractivity contribution in [2.75, 3.05) is 17.3 Å². The van der Waals surface area contributed by atoms with Gasteiger partial charge in [-0.05, 0) is 54.4 Å². The van der Waals surface area contributed by atoms with E-state index in [-0.39, 0.29) is 17.8 Å². The van der Waals surface area contributed by atoms with Crippen LogP contribution in [0.25, 0.3) is 21.8 Å². The van der Waals surface area contributed by atoms with Gasteiger partial charge in [-0.2, -0.15) is 0 Å². The lowest BCUT2D eigenvalue weighted by Gasteiger charge is -2.10. The number of hydrogen-bond acceptors (Lipinski definition) is 3. The fourth-order valence-corrected chi connectivity index (χ4v) is 3.64. The third kappa shape index (κ3) is 4.39. The number of hydrogen-bond donors (Lipinski definition) is 2. The Balaban J connectivity index is 1.53. The van der Waals surface area contributed by atoms with Crippen LogP contribution in [-0.4, -0.2) is 22.8 Å². The van der Waals surface area contributed by atoms with Gasteiger partial charge >= 0.3 is 0 Å². The lowest BCUT2D eigenvalue weighted by molar-refractivity contribution is -0.115. The summed E-state index contributed by atoms with van der Waals surface area (Å²) >= 11 is 3.37. The minimum absolute atomic E-state index is 0.0305. The SMILES string of the molecule is O=C(Cc1cccc2c(=O)c3ccccc3[nH]c12)Nc1ccc(OCCCBr)cc1. The molecule has 4 rings (SSSR count). The molecule has 0 spiro atoms. The number of aromatic nitrogens is 1. The second kappa shape index (κ2) is 9.13. The second-order valence-electron chi connectivity index (χ2n) is 6.98. The van der Waals surface area contributed by atoms with E-state index in [0.717, 1.165) is 28.6 Å². The van der Waals surface area contributed by atoms with Gasteiger partial charge in [0, 0.05) is 27.3 Å². The molecule has 0 radical (unpaired) electrons. The molecule has 3 aromatic carbocycles. The number of carbonyl (C=O) groups is 1. The summed E-state index contributed by atoms with van der Waals surface area (Å²) in [6.07, 6.45) is 1.09. The Morgan fingerprint density at radius 3 is 2.53 bits per heavy atom. The van der Waals surface area contributed by atoms with Gasteiger partial charge < -0.3 is 15.0 Å². The molecule has 1 amide bonds. The summed E-state index contributed by atoms with van der Waals surface area (Å²) in [6, 6.07) is 20.2. The van der Waals surface area contributed by atoms with Crippen LogP contribution in [0.15, 0.2) is 71.5 Å². The number of para-hydroxylation sites is 2. The normalized spacial score (nSPS) is 11.0. The van der Waals surface area contributed by atoms with Crippen molar-refractivity contribution >= 4 is 49.3 Å². The zero-order valence-corrected chi connectivity index (χ0v) is 17.9. The molecule has 0 aliphatic heterocycles. The number of H-pyrrole nitrogens is 1. The summed E-state index contributed by atoms with van der Waals surface area (Å²) in [5.74, 6) is 0.622. The molecule has 0 fully saturated rings. The van der Waals surface area contributed by atoms with E-state index in [0.29, 0.717) is 28.6 Å². The van der Waals surface area contributed by atoms with Crippen LogP contribution in [0.3, 0.4) is 0 Å². The maximum absolute atomic E-state index is 12.8. The highest BCUT2D eigenvalue weighted by Gasteiger charge is 2.11. The molecular weight excluding hydrogens is 444 g/mol. The Morgan fingerprint density at radius 2 is 1.73 bits per heavy atom. The number of rotatable bonds is 7. The smallest absolute Gasteiger partial charge is 0.228 e. The van der Waals surface area contributed by atoms with Crippen LogP contribution in [0, 0.1) is 0 Å². The fourth-order valence-electron chi connectivity index (χ4n) is 3.41. The van der Waals surface area contributed by atoms with Crippen molar-refractivity contribution in [3.05, 3.63) is 82.5 Å². The van der Waals surface area contributed by atoms with Gasteiger partial charge in [0.2, 0.25) is 5.91 Å². The molecule has 4 aromatic rings. The molecule has 0 bridgehead atoms. The summed E-state index contributed by atoms with van der Waals surface area (Å²) in [5, 5.41) is 5.04. The van der Waals surface area contributed by atoms with E-state index >= 15 is 0 Å². The topological polar surface area (TPSA) is 71.2 Å². The molecule has 2 N–H and O–H groups in total. The number of halogens is 1. The van der Waals surface area contributed by atoms with Crippen LogP contribution in [0.4, 0.5) is 5.69 Å². The van der Waals surface area contributed by atoms with Gasteiger partial charge in [-0.1, -0.05) is 40.2 Å². The van der Waals surface area contributed by atoms with E-state index in [4.69, 9.17) is 4.74 Å². The molecule has 152 valence electrons. The molecule has 1 aromatic heterocycles. The predicted octanol–water partition coefficient (Wildman–Crippen LogP) is 5.03. The summed E-state index contributed by atoms with van der Waals surface area (Å²) in [5.41, 5.74) is 2.91. The Kier molecular flexibility index (Phi) is 6.14. The van der Waals surface area contributed by atoms with Gasteiger partial charge in [-0.25, -0.2) is 0 Å². The van der Waals surface area contributed by atoms with Crippen LogP contribution < -0.4 is 15.5 Å². The Hall–Kier alpha value is -3.12. The van der Waals surface area contributed by atoms with Crippen LogP contribution in [0.5, 0.6) is 5.75 Å². The zero-order valence-electron chi connectivity index (χ0n) is 16.3. The van der Waals surface area contributed by atoms with E-state index < -0.39 is 0 Å². The van der Waals surface area contributed by atoms with Gasteiger partial charge in [-0.15, -0.1) is 0 Å². The average Bonchev–Trinajstić information content (AvgIpc) is 2.76. The zero-order chi connectivity index (χ0) is 20.9. The van der Waals surface area contributed by atoms with Gasteiger partial charge in [0.15, 0.2) is 5.43 Å². The van der Waals surface area contributed by atoms with Crippen molar-refractivity contribution in [1.29, 1.82) is 0 Å². The third-order valence-corrected chi connectivity index (χ3v) is 5.42. The van der Waals surface area contributed by atoms with E-state index in [9.17, 15) is 9.59 Å². The monoisotopic (exact) mass is 464 g/mol. The molecule has 1 heterocycles. The standard InChI is InChI=1S/C24H21BrN2O3/c25-13-4-14-30-18-11-9-17(10-12-18)26-22(28)15-16-5-3-7-20-23(16)27-21-8-2-1-6-19(21)24(20)29/h1-3,5-12H,4,13-15H2,(H,26,28)(H,27,29). The van der Waals surface area contributed by atoms with Crippen molar-refractivity contribution in [1.82, 2.24) is 4.98 Å². The first kappa shape index (κ1) is 20.2. The largest absolute Gasteiger partial charge is 0.494 e. The van der Waals surface area contributed by atoms with Crippen LogP contribution in [0.1, 0.15) is 12.0 Å². The average molecular weight is 465 g/mol. The summed E-state index contributed by atoms with van der Waals surface area (Å²) < 4.78 is 5.62. The highest BCUT2D eigenvalue weighted by molar-refractivity contribution is 9.09. The number of ether oxygens (including phenoxy) is 1. The van der Waals surface area contributed by atoms with Crippen molar-refractivity contribution < 1.29 is 9.53 Å². The molecule has 5 nitrogen and oxygen atoms in total. The number of nitrogens with one attached hydrogen (secondary N) is 2. The first-order valence-corrected chi connectivity index (χ1v) is 10.9. The van der Waals surface area contributed by atoms with E-state index in [1.54, 1.807) is 12.1 Å². The molecular formula is C24H21BrN2O3. The van der Waals surface area contributed by atoms with Gasteiger partial charge in [0.25, 0.3) is 0 Å². The molecule has 0 aliphatic carbocycles. The van der Waals surface area contributed by atoms with Crippen molar-refractivity contribution in [2.24, 2.45) is 0 Å². The van der Waals surface area contributed by atoms with Crippen LogP contribution in [0.2, 0.25) is 0 Å². The summed E-state index contributed by atoms with van der Waals surface area (Å²) in [7, 11) is 0. The third-order valence-electron chi connectivity index (χ3n) is 4.86. The van der Waals surface area contributed by atoms with E-state index in [1.807, 2.05) is 54.6 Å². The molecule has 0 saturated carbocycles. The first-order valence-electron chi connectivity index (χ1n) is 9.77. The van der Waals surface area contributed by atoms with Gasteiger partial charge in [0.1, 0.15) is 5.75 Å². The van der Waals surface area contributed by atoms with Gasteiger partial charge in [0.05, 0.1) is 18.5 Å². The van der Waals surface area contributed by atoms with Crippen LogP contribution >= 0.6 is 15.9 Å². The molecule has 0 unspecified atom stereocenters. The fraction of sp³-hybridized carbons (Fsp3) is 0.167. The quantitative estimate of drug-likeness (QED) is 0.229. The summed E-state index contributed by atoms with van der Waals surface area (Å²) in [4.78, 5) is 28.8. The minimum Gasteiger partial charge on any atom is -0.494 e. The van der Waals surface area contributed by atoms with Crippen molar-refractivity contribution in [2.45, 2.75) is 12.8 Å². The number of carbonyl (C=O) groups excluding carboxylic acids is 1. The maximum Gasteiger partial charge on any atom is 0.228 e. The molecule has 30 heavy (non-hydrogen) atoms. The Morgan fingerprint density at radius 1 is 0.967 bits per heavy atom. The maximum atomic E-state index is 12.8. The predicted molar refractivity (Wildman–Crippen MR) is 125 cm³/mol. The number of fused-ring (bicyclic) bond motifs is 2. The minimum atomic E-state index is -0.149. The van der Waals surface area contributed by atoms with Crippen molar-refractivity contribution in [3.63, 3.8) is 0 Å². The number of pyridine rings is 1. The van der Waals surface area contributed by atoms with Crippen molar-refractivity contribution in [3.8, 4) is 5.75 Å². The number of amides is 1. The number of benzene rings is 3. The van der Waals surface area contributed by atoms with E-state index in [1.165, 1.54) is 0 Å². The second-order valence-corrected chi connectivity index (χ2v) is 7.77.